The van der Waals surface area contributed by atoms with Crippen LogP contribution in [0.15, 0.2) is 29.4 Å². The minimum absolute atomic E-state index is 0.0447. The first kappa shape index (κ1) is 24.8. The smallest absolute Gasteiger partial charge is 0.261 e. The fraction of sp³-hybridized carbons (Fsp3) is 0.400. The summed E-state index contributed by atoms with van der Waals surface area (Å²) in [7, 11) is 0. The van der Waals surface area contributed by atoms with E-state index in [0.717, 1.165) is 13.0 Å². The molecule has 0 radical (unpaired) electrons. The Labute approximate surface area is 217 Å². The van der Waals surface area contributed by atoms with E-state index in [0.29, 0.717) is 56.5 Å². The van der Waals surface area contributed by atoms with Crippen molar-refractivity contribution in [1.29, 1.82) is 0 Å². The van der Waals surface area contributed by atoms with Crippen LogP contribution >= 0.6 is 11.3 Å². The summed E-state index contributed by atoms with van der Waals surface area (Å²) >= 11 is 1.22. The van der Waals surface area contributed by atoms with Crippen LogP contribution in [0.3, 0.4) is 0 Å². The number of rotatable bonds is 7. The maximum atomic E-state index is 12.9. The quantitative estimate of drug-likeness (QED) is 0.273. The van der Waals surface area contributed by atoms with Gasteiger partial charge in [0.15, 0.2) is 11.5 Å². The molecule has 0 atom stereocenters. The molecule has 1 aromatic carbocycles. The maximum Gasteiger partial charge on any atom is 0.261 e. The van der Waals surface area contributed by atoms with Crippen LogP contribution in [0.25, 0.3) is 10.2 Å². The second-order valence-corrected chi connectivity index (χ2v) is 10.8. The molecule has 11 nitrogen and oxygen atoms in total. The molecule has 0 saturated carbocycles. The van der Waals surface area contributed by atoms with Crippen LogP contribution in [0.1, 0.15) is 54.5 Å². The number of oxime groups is 1. The van der Waals surface area contributed by atoms with Gasteiger partial charge in [-0.2, -0.15) is 0 Å². The number of hydrogen-bond donors (Lipinski definition) is 2. The molecule has 0 aliphatic carbocycles. The summed E-state index contributed by atoms with van der Waals surface area (Å²) in [5.74, 6) is 1.15. The van der Waals surface area contributed by atoms with E-state index in [1.807, 2.05) is 26.8 Å². The molecule has 37 heavy (non-hydrogen) atoms. The van der Waals surface area contributed by atoms with Crippen LogP contribution in [0, 0.1) is 0 Å². The molecular weight excluding hydrogens is 496 g/mol. The number of anilines is 1. The summed E-state index contributed by atoms with van der Waals surface area (Å²) in [6.45, 7) is 7.25. The third kappa shape index (κ3) is 5.43. The molecule has 3 aromatic rings. The number of hydrogen-bond acceptors (Lipinski definition) is 10. The monoisotopic (exact) mass is 524 g/mol. The van der Waals surface area contributed by atoms with E-state index in [2.05, 4.69) is 20.4 Å². The first-order chi connectivity index (χ1) is 17.7. The van der Waals surface area contributed by atoms with Crippen molar-refractivity contribution >= 4 is 45.0 Å². The summed E-state index contributed by atoms with van der Waals surface area (Å²) in [4.78, 5) is 42.1. The van der Waals surface area contributed by atoms with E-state index < -0.39 is 5.54 Å². The van der Waals surface area contributed by atoms with Gasteiger partial charge in [0.2, 0.25) is 18.6 Å². The maximum absolute atomic E-state index is 12.9. The number of fused-ring (bicyclic) bond motifs is 2. The zero-order chi connectivity index (χ0) is 26.2. The molecule has 1 saturated heterocycles. The molecule has 0 bridgehead atoms. The number of aromatic nitrogens is 2. The van der Waals surface area contributed by atoms with Crippen LogP contribution in [0.4, 0.5) is 5.95 Å². The van der Waals surface area contributed by atoms with Gasteiger partial charge in [0, 0.05) is 29.5 Å². The van der Waals surface area contributed by atoms with Crippen molar-refractivity contribution in [2.24, 2.45) is 5.16 Å². The molecule has 2 aromatic heterocycles. The summed E-state index contributed by atoms with van der Waals surface area (Å²) in [5, 5.41) is 8.01. The first-order valence-electron chi connectivity index (χ1n) is 12.0. The predicted octanol–water partition coefficient (Wildman–Crippen LogP) is 2.92. The zero-order valence-corrected chi connectivity index (χ0v) is 21.7. The van der Waals surface area contributed by atoms with Crippen LogP contribution in [0.5, 0.6) is 11.5 Å². The zero-order valence-electron chi connectivity index (χ0n) is 20.9. The van der Waals surface area contributed by atoms with Crippen LogP contribution in [-0.2, 0) is 9.63 Å². The van der Waals surface area contributed by atoms with E-state index in [9.17, 15) is 9.59 Å². The topological polar surface area (TPSA) is 141 Å². The van der Waals surface area contributed by atoms with Crippen molar-refractivity contribution in [3.63, 3.8) is 0 Å². The number of nitrogen functional groups attached to an aromatic ring is 1. The van der Waals surface area contributed by atoms with Crippen LogP contribution in [0.2, 0.25) is 0 Å². The first-order valence-corrected chi connectivity index (χ1v) is 12.8. The van der Waals surface area contributed by atoms with Crippen molar-refractivity contribution < 1.29 is 23.9 Å². The molecule has 5 rings (SSSR count). The van der Waals surface area contributed by atoms with Gasteiger partial charge in [-0.15, -0.1) is 11.3 Å². The number of amides is 2. The Kier molecular flexibility index (Phi) is 6.59. The summed E-state index contributed by atoms with van der Waals surface area (Å²) in [6, 6.07) is 7.14. The largest absolute Gasteiger partial charge is 0.454 e. The van der Waals surface area contributed by atoms with Crippen LogP contribution < -0.4 is 20.5 Å². The molecule has 0 spiro atoms. The second kappa shape index (κ2) is 9.85. The number of nitrogens with zero attached hydrogens (tertiary/aromatic N) is 4. The number of ether oxygens (including phenoxy) is 2. The number of nitrogens with one attached hydrogen (secondary N) is 1. The molecule has 4 heterocycles. The van der Waals surface area contributed by atoms with Crippen molar-refractivity contribution in [3.8, 4) is 11.5 Å². The number of thiophene rings is 1. The molecular formula is C25H28N6O5S. The van der Waals surface area contributed by atoms with Gasteiger partial charge < -0.3 is 30.3 Å². The Morgan fingerprint density at radius 2 is 2.05 bits per heavy atom. The summed E-state index contributed by atoms with van der Waals surface area (Å²) in [5.41, 5.74) is 7.15. The average molecular weight is 525 g/mol. The molecule has 2 aliphatic rings. The minimum atomic E-state index is -0.398. The highest BCUT2D eigenvalue weighted by Gasteiger charge is 2.24. The van der Waals surface area contributed by atoms with Crippen molar-refractivity contribution in [3.05, 3.63) is 40.4 Å². The van der Waals surface area contributed by atoms with Crippen molar-refractivity contribution in [2.75, 3.05) is 32.2 Å². The lowest BCUT2D eigenvalue weighted by Gasteiger charge is -2.19. The van der Waals surface area contributed by atoms with E-state index >= 15 is 0 Å². The number of benzene rings is 1. The lowest BCUT2D eigenvalue weighted by Crippen LogP contribution is -2.40. The number of carbonyl (C=O) groups is 2. The fourth-order valence-corrected chi connectivity index (χ4v) is 5.04. The Hall–Kier alpha value is -3.93. The lowest BCUT2D eigenvalue weighted by atomic mass is 10.0. The molecule has 0 unspecified atom stereocenters. The molecule has 2 aliphatic heterocycles. The molecule has 194 valence electrons. The number of nitrogens with two attached hydrogens (primary N) is 1. The van der Waals surface area contributed by atoms with Gasteiger partial charge in [-0.05, 0) is 51.5 Å². The van der Waals surface area contributed by atoms with Gasteiger partial charge in [-0.3, -0.25) is 9.59 Å². The van der Waals surface area contributed by atoms with Gasteiger partial charge in [0.05, 0.1) is 11.4 Å². The molecule has 1 fully saturated rings. The Balaban J connectivity index is 1.52. The third-order valence-electron chi connectivity index (χ3n) is 5.77. The fourth-order valence-electron chi connectivity index (χ4n) is 4.11. The highest BCUT2D eigenvalue weighted by molar-refractivity contribution is 7.20. The van der Waals surface area contributed by atoms with E-state index in [1.54, 1.807) is 23.1 Å². The number of carbonyl (C=O) groups excluding carboxylic acids is 2. The van der Waals surface area contributed by atoms with Gasteiger partial charge >= 0.3 is 0 Å². The van der Waals surface area contributed by atoms with E-state index in [1.165, 1.54) is 11.3 Å². The van der Waals surface area contributed by atoms with E-state index in [4.69, 9.17) is 20.0 Å². The minimum Gasteiger partial charge on any atom is -0.454 e. The average Bonchev–Trinajstić information content (AvgIpc) is 3.56. The predicted molar refractivity (Wildman–Crippen MR) is 139 cm³/mol. The van der Waals surface area contributed by atoms with Crippen molar-refractivity contribution in [2.45, 2.75) is 39.2 Å². The SMILES string of the molecule is CC(C)(C)NC(=O)c1cc2c(/C(=N\OCCN3CCCC3=O)c3ccc4c(c3)OCO4)nc(N)nc2s1. The highest BCUT2D eigenvalue weighted by atomic mass is 32.1. The Bertz CT molecular complexity index is 1400. The molecule has 3 N–H and O–H groups in total. The second-order valence-electron chi connectivity index (χ2n) is 9.79. The standard InChI is InChI=1S/C25H28N6O5S/c1-25(2,3)29-22(33)18-12-15-21(27-24(26)28-23(15)37-18)20(14-6-7-16-17(11-14)35-13-34-16)30-36-10-9-31-8-4-5-19(31)32/h6-7,11-12H,4-5,8-10,13H2,1-3H3,(H,29,33)(H2,26,27,28)/b30-20-. The van der Waals surface area contributed by atoms with Gasteiger partial charge in [0.1, 0.15) is 22.8 Å². The van der Waals surface area contributed by atoms with Crippen LogP contribution in [-0.4, -0.2) is 64.4 Å². The Morgan fingerprint density at radius 1 is 1.24 bits per heavy atom. The normalized spacial score (nSPS) is 15.5. The Morgan fingerprint density at radius 3 is 2.81 bits per heavy atom. The van der Waals surface area contributed by atoms with Gasteiger partial charge in [-0.25, -0.2) is 9.97 Å². The summed E-state index contributed by atoms with van der Waals surface area (Å²) in [6.07, 6.45) is 1.42. The lowest BCUT2D eigenvalue weighted by molar-refractivity contribution is -0.128. The third-order valence-corrected chi connectivity index (χ3v) is 6.80. The summed E-state index contributed by atoms with van der Waals surface area (Å²) < 4.78 is 11.0. The van der Waals surface area contributed by atoms with Gasteiger partial charge in [-0.1, -0.05) is 5.16 Å². The van der Waals surface area contributed by atoms with Crippen molar-refractivity contribution in [1.82, 2.24) is 20.2 Å². The highest BCUT2D eigenvalue weighted by Crippen LogP contribution is 2.35. The molecule has 12 heteroatoms. The van der Waals surface area contributed by atoms with Gasteiger partial charge in [0.25, 0.3) is 5.91 Å². The van der Waals surface area contributed by atoms with E-state index in [-0.39, 0.29) is 31.2 Å². The number of likely N-dealkylation sites (tertiary alicyclic amines) is 1. The molecule has 2 amide bonds.